The van der Waals surface area contributed by atoms with Gasteiger partial charge in [0.2, 0.25) is 10.0 Å². The van der Waals surface area contributed by atoms with Gasteiger partial charge < -0.3 is 5.32 Å². The Labute approximate surface area is 155 Å². The van der Waals surface area contributed by atoms with Crippen LogP contribution in [0.1, 0.15) is 27.0 Å². The first-order chi connectivity index (χ1) is 12.4. The minimum Gasteiger partial charge on any atom is -0.348 e. The Morgan fingerprint density at radius 3 is 2.37 bits per heavy atom. The lowest BCUT2D eigenvalue weighted by atomic mass is 10.1. The van der Waals surface area contributed by atoms with Gasteiger partial charge in [0.15, 0.2) is 0 Å². The number of nitrogens with one attached hydrogen (secondary N) is 1. The average molecular weight is 400 g/mol. The minimum absolute atomic E-state index is 0.0627. The van der Waals surface area contributed by atoms with E-state index in [9.17, 15) is 26.4 Å². The molecule has 0 aromatic heterocycles. The summed E-state index contributed by atoms with van der Waals surface area (Å²) in [5, 5.41) is 2.56. The number of carbonyl (C=O) groups excluding carboxylic acids is 1. The van der Waals surface area contributed by atoms with Crippen LogP contribution in [0.5, 0.6) is 0 Å². The molecule has 0 bridgehead atoms. The highest BCUT2D eigenvalue weighted by Crippen LogP contribution is 2.29. The van der Waals surface area contributed by atoms with Crippen LogP contribution in [0.3, 0.4) is 0 Å². The molecule has 0 unspecified atom stereocenters. The molecule has 0 heterocycles. The molecule has 0 atom stereocenters. The molecular weight excluding hydrogens is 381 g/mol. The molecule has 0 radical (unpaired) electrons. The molecule has 5 nitrogen and oxygen atoms in total. The van der Waals surface area contributed by atoms with Crippen molar-refractivity contribution in [3.05, 3.63) is 64.7 Å². The monoisotopic (exact) mass is 400 g/mol. The van der Waals surface area contributed by atoms with Gasteiger partial charge in [0.25, 0.3) is 5.91 Å². The zero-order valence-electron chi connectivity index (χ0n) is 15.0. The number of halogens is 3. The minimum atomic E-state index is -4.45. The number of nitrogens with zero attached hydrogens (tertiary/aromatic N) is 1. The van der Waals surface area contributed by atoms with E-state index in [1.807, 2.05) is 0 Å². The Balaban J connectivity index is 2.12. The van der Waals surface area contributed by atoms with Gasteiger partial charge in [-0.2, -0.15) is 13.2 Å². The van der Waals surface area contributed by atoms with Crippen LogP contribution < -0.4 is 9.62 Å². The summed E-state index contributed by atoms with van der Waals surface area (Å²) in [6.45, 7) is 1.60. The Morgan fingerprint density at radius 2 is 1.81 bits per heavy atom. The lowest BCUT2D eigenvalue weighted by Gasteiger charge is -2.19. The number of carbonyl (C=O) groups is 1. The number of hydrogen-bond donors (Lipinski definition) is 1. The molecule has 2 aromatic carbocycles. The first-order valence-electron chi connectivity index (χ1n) is 7.88. The van der Waals surface area contributed by atoms with E-state index >= 15 is 0 Å². The summed E-state index contributed by atoms with van der Waals surface area (Å²) >= 11 is 0. The summed E-state index contributed by atoms with van der Waals surface area (Å²) in [6.07, 6.45) is -3.37. The quantitative estimate of drug-likeness (QED) is 0.837. The van der Waals surface area contributed by atoms with E-state index < -0.39 is 27.7 Å². The summed E-state index contributed by atoms with van der Waals surface area (Å²) in [5.41, 5.74) is 0.841. The van der Waals surface area contributed by atoms with Crippen molar-refractivity contribution in [3.63, 3.8) is 0 Å². The van der Waals surface area contributed by atoms with Crippen LogP contribution in [-0.4, -0.2) is 27.6 Å². The van der Waals surface area contributed by atoms with Crippen molar-refractivity contribution >= 4 is 21.6 Å². The molecule has 146 valence electrons. The number of benzene rings is 2. The van der Waals surface area contributed by atoms with Crippen molar-refractivity contribution in [1.29, 1.82) is 0 Å². The van der Waals surface area contributed by atoms with Gasteiger partial charge in [-0.1, -0.05) is 12.1 Å². The number of anilines is 1. The van der Waals surface area contributed by atoms with Crippen LogP contribution in [0.2, 0.25) is 0 Å². The van der Waals surface area contributed by atoms with Crippen molar-refractivity contribution < 1.29 is 26.4 Å². The van der Waals surface area contributed by atoms with Crippen molar-refractivity contribution in [2.75, 3.05) is 17.6 Å². The second-order valence-corrected chi connectivity index (χ2v) is 8.13. The van der Waals surface area contributed by atoms with E-state index in [1.54, 1.807) is 6.92 Å². The van der Waals surface area contributed by atoms with Gasteiger partial charge in [-0.15, -0.1) is 0 Å². The summed E-state index contributed by atoms with van der Waals surface area (Å²) in [6, 6.07) is 9.22. The van der Waals surface area contributed by atoms with Crippen LogP contribution in [-0.2, 0) is 22.7 Å². The standard InChI is InChI=1S/C18H19F3N2O3S/c1-12-9-14(7-8-16(12)23(2)27(3,25)26)17(24)22-11-13-5-4-6-15(10-13)18(19,20)21/h4-10H,11H2,1-3H3,(H,22,24). The maximum absolute atomic E-state index is 12.7. The lowest BCUT2D eigenvalue weighted by Crippen LogP contribution is -2.26. The third-order valence-electron chi connectivity index (χ3n) is 4.00. The number of hydrogen-bond acceptors (Lipinski definition) is 3. The fraction of sp³-hybridized carbons (Fsp3) is 0.278. The predicted molar refractivity (Wildman–Crippen MR) is 97.0 cm³/mol. The highest BCUT2D eigenvalue weighted by molar-refractivity contribution is 7.92. The first-order valence-corrected chi connectivity index (χ1v) is 9.73. The fourth-order valence-corrected chi connectivity index (χ4v) is 3.03. The molecule has 1 N–H and O–H groups in total. The molecule has 0 fully saturated rings. The maximum atomic E-state index is 12.7. The molecule has 27 heavy (non-hydrogen) atoms. The summed E-state index contributed by atoms with van der Waals surface area (Å²) in [4.78, 5) is 12.3. The summed E-state index contributed by atoms with van der Waals surface area (Å²) in [7, 11) is -2.03. The number of alkyl halides is 3. The lowest BCUT2D eigenvalue weighted by molar-refractivity contribution is -0.137. The topological polar surface area (TPSA) is 66.5 Å². The first kappa shape index (κ1) is 20.8. The van der Waals surface area contributed by atoms with Crippen molar-refractivity contribution in [2.24, 2.45) is 0 Å². The Bertz CT molecular complexity index is 957. The van der Waals surface area contributed by atoms with Crippen LogP contribution in [0.4, 0.5) is 18.9 Å². The second-order valence-electron chi connectivity index (χ2n) is 6.11. The highest BCUT2D eigenvalue weighted by Gasteiger charge is 2.30. The van der Waals surface area contributed by atoms with Crippen molar-refractivity contribution in [3.8, 4) is 0 Å². The molecule has 0 aliphatic rings. The SMILES string of the molecule is Cc1cc(C(=O)NCc2cccc(C(F)(F)F)c2)ccc1N(C)S(C)(=O)=O. The Hall–Kier alpha value is -2.55. The molecule has 0 saturated heterocycles. The van der Waals surface area contributed by atoms with E-state index in [0.717, 1.165) is 22.7 Å². The van der Waals surface area contributed by atoms with Crippen molar-refractivity contribution in [1.82, 2.24) is 5.32 Å². The second kappa shape index (κ2) is 7.59. The molecular formula is C18H19F3N2O3S. The highest BCUT2D eigenvalue weighted by atomic mass is 32.2. The fourth-order valence-electron chi connectivity index (χ4n) is 2.47. The van der Waals surface area contributed by atoms with Crippen LogP contribution in [0.25, 0.3) is 0 Å². The van der Waals surface area contributed by atoms with Gasteiger partial charge >= 0.3 is 6.18 Å². The molecule has 0 aliphatic carbocycles. The van der Waals surface area contributed by atoms with Crippen LogP contribution in [0, 0.1) is 6.92 Å². The molecule has 0 aliphatic heterocycles. The molecule has 2 rings (SSSR count). The Kier molecular flexibility index (Phi) is 5.84. The zero-order valence-corrected chi connectivity index (χ0v) is 15.8. The van der Waals surface area contributed by atoms with E-state index in [-0.39, 0.29) is 12.1 Å². The third-order valence-corrected chi connectivity index (χ3v) is 5.19. The molecule has 1 amide bonds. The largest absolute Gasteiger partial charge is 0.416 e. The van der Waals surface area contributed by atoms with Gasteiger partial charge in [-0.3, -0.25) is 9.10 Å². The number of rotatable bonds is 5. The Morgan fingerprint density at radius 1 is 1.15 bits per heavy atom. The predicted octanol–water partition coefficient (Wildman–Crippen LogP) is 3.34. The van der Waals surface area contributed by atoms with Gasteiger partial charge in [0.1, 0.15) is 0 Å². The maximum Gasteiger partial charge on any atom is 0.416 e. The molecule has 9 heteroatoms. The zero-order chi connectivity index (χ0) is 20.4. The third kappa shape index (κ3) is 5.22. The average Bonchev–Trinajstić information content (AvgIpc) is 2.57. The number of amides is 1. The van der Waals surface area contributed by atoms with E-state index in [4.69, 9.17) is 0 Å². The smallest absolute Gasteiger partial charge is 0.348 e. The number of aryl methyl sites for hydroxylation is 1. The molecule has 0 saturated carbocycles. The number of sulfonamides is 1. The molecule has 2 aromatic rings. The van der Waals surface area contributed by atoms with E-state index in [2.05, 4.69) is 5.32 Å². The van der Waals surface area contributed by atoms with Crippen LogP contribution >= 0.6 is 0 Å². The normalized spacial score (nSPS) is 11.9. The van der Waals surface area contributed by atoms with E-state index in [0.29, 0.717) is 16.8 Å². The summed E-state index contributed by atoms with van der Waals surface area (Å²) < 4.78 is 62.5. The van der Waals surface area contributed by atoms with E-state index in [1.165, 1.54) is 37.4 Å². The van der Waals surface area contributed by atoms with Gasteiger partial charge in [0.05, 0.1) is 17.5 Å². The molecule has 0 spiro atoms. The van der Waals surface area contributed by atoms with Gasteiger partial charge in [-0.05, 0) is 48.4 Å². The van der Waals surface area contributed by atoms with Gasteiger partial charge in [-0.25, -0.2) is 8.42 Å². The summed E-state index contributed by atoms with van der Waals surface area (Å²) in [5.74, 6) is -0.468. The van der Waals surface area contributed by atoms with Crippen LogP contribution in [0.15, 0.2) is 42.5 Å². The van der Waals surface area contributed by atoms with Crippen molar-refractivity contribution in [2.45, 2.75) is 19.6 Å². The van der Waals surface area contributed by atoms with Gasteiger partial charge in [0, 0.05) is 19.2 Å².